The van der Waals surface area contributed by atoms with Crippen molar-refractivity contribution in [3.05, 3.63) is 35.8 Å². The van der Waals surface area contributed by atoms with Gasteiger partial charge in [0.1, 0.15) is 5.01 Å². The number of thiol groups is 1. The summed E-state index contributed by atoms with van der Waals surface area (Å²) in [6.45, 7) is 0. The van der Waals surface area contributed by atoms with Gasteiger partial charge in [0.25, 0.3) is 0 Å². The Balaban J connectivity index is 0.000000845. The summed E-state index contributed by atoms with van der Waals surface area (Å²) < 4.78 is 0. The summed E-state index contributed by atoms with van der Waals surface area (Å²) in [6.07, 6.45) is 1.81. The summed E-state index contributed by atoms with van der Waals surface area (Å²) in [5.41, 5.74) is 1.11. The predicted molar refractivity (Wildman–Crippen MR) is 54.8 cm³/mol. The van der Waals surface area contributed by atoms with Crippen LogP contribution in [0.5, 0.6) is 0 Å². The first-order chi connectivity index (χ1) is 5.88. The molecule has 0 unspecified atom stereocenters. The van der Waals surface area contributed by atoms with Gasteiger partial charge in [-0.1, -0.05) is 18.2 Å². The van der Waals surface area contributed by atoms with Crippen molar-refractivity contribution in [2.75, 3.05) is 0 Å². The molecule has 1 radical (unpaired) electrons. The average molecular weight is 257 g/mol. The van der Waals surface area contributed by atoms with Crippen LogP contribution in [0, 0.1) is 0 Å². The van der Waals surface area contributed by atoms with Crippen molar-refractivity contribution in [2.24, 2.45) is 0 Å². The average Bonchev–Trinajstić information content (AvgIpc) is 2.57. The Morgan fingerprint density at radius 2 is 2.00 bits per heavy atom. The van der Waals surface area contributed by atoms with Crippen LogP contribution in [0.25, 0.3) is 10.6 Å². The topological polar surface area (TPSA) is 12.9 Å². The quantitative estimate of drug-likeness (QED) is 0.611. The molecule has 4 heteroatoms. The summed E-state index contributed by atoms with van der Waals surface area (Å²) in [4.78, 5) is 5.20. The Morgan fingerprint density at radius 1 is 1.23 bits per heavy atom. The zero-order valence-electron chi connectivity index (χ0n) is 6.57. The van der Waals surface area contributed by atoms with E-state index >= 15 is 0 Å². The van der Waals surface area contributed by atoms with Crippen LogP contribution in [0.3, 0.4) is 0 Å². The smallest absolute Gasteiger partial charge is 0.124 e. The summed E-state index contributed by atoms with van der Waals surface area (Å²) in [7, 11) is 0. The van der Waals surface area contributed by atoms with Crippen molar-refractivity contribution in [1.82, 2.24) is 4.98 Å². The minimum Gasteiger partial charge on any atom is -0.245 e. The Hall–Kier alpha value is -0.281. The molecular formula is C9H7CuNS2. The van der Waals surface area contributed by atoms with E-state index in [4.69, 9.17) is 0 Å². The van der Waals surface area contributed by atoms with E-state index in [2.05, 4.69) is 17.6 Å². The fraction of sp³-hybridized carbons (Fsp3) is 0. The zero-order valence-corrected chi connectivity index (χ0v) is 9.22. The van der Waals surface area contributed by atoms with Gasteiger partial charge in [-0.2, -0.15) is 0 Å². The number of nitrogens with zero attached hydrogens (tertiary/aromatic N) is 1. The second kappa shape index (κ2) is 4.82. The van der Waals surface area contributed by atoms with E-state index in [1.165, 1.54) is 0 Å². The number of benzene rings is 1. The van der Waals surface area contributed by atoms with Gasteiger partial charge in [0.05, 0.1) is 0 Å². The zero-order chi connectivity index (χ0) is 8.39. The van der Waals surface area contributed by atoms with E-state index in [0.717, 1.165) is 15.5 Å². The molecule has 0 atom stereocenters. The molecule has 0 aliphatic heterocycles. The number of rotatable bonds is 1. The minimum atomic E-state index is 0. The maximum absolute atomic E-state index is 4.35. The monoisotopic (exact) mass is 256 g/mol. The van der Waals surface area contributed by atoms with Gasteiger partial charge >= 0.3 is 0 Å². The Labute approximate surface area is 97.1 Å². The third-order valence-corrected chi connectivity index (χ3v) is 2.76. The molecule has 0 saturated heterocycles. The fourth-order valence-corrected chi connectivity index (χ4v) is 2.03. The SMILES string of the molecule is Sc1ccccc1-c1nccs1.[Cu]. The first kappa shape index (κ1) is 10.8. The molecule has 0 amide bonds. The fourth-order valence-electron chi connectivity index (χ4n) is 1.01. The minimum absolute atomic E-state index is 0. The number of hydrogen-bond donors (Lipinski definition) is 1. The molecule has 1 aromatic carbocycles. The van der Waals surface area contributed by atoms with E-state index in [1.54, 1.807) is 17.5 Å². The summed E-state index contributed by atoms with van der Waals surface area (Å²) in [6, 6.07) is 7.97. The van der Waals surface area contributed by atoms with Crippen LogP contribution in [0.4, 0.5) is 0 Å². The van der Waals surface area contributed by atoms with E-state index in [9.17, 15) is 0 Å². The molecule has 0 spiro atoms. The molecule has 0 fully saturated rings. The summed E-state index contributed by atoms with van der Waals surface area (Å²) in [5.74, 6) is 0. The van der Waals surface area contributed by atoms with Gasteiger partial charge in [0.15, 0.2) is 0 Å². The molecule has 13 heavy (non-hydrogen) atoms. The van der Waals surface area contributed by atoms with Crippen molar-refractivity contribution in [1.29, 1.82) is 0 Å². The Bertz CT molecular complexity index is 373. The van der Waals surface area contributed by atoms with E-state index in [0.29, 0.717) is 0 Å². The van der Waals surface area contributed by atoms with Crippen LogP contribution in [0.2, 0.25) is 0 Å². The number of thiazole rings is 1. The Morgan fingerprint density at radius 3 is 2.62 bits per heavy atom. The molecule has 2 rings (SSSR count). The third kappa shape index (κ3) is 2.35. The largest absolute Gasteiger partial charge is 0.245 e. The Kier molecular flexibility index (Phi) is 4.00. The van der Waals surface area contributed by atoms with E-state index in [1.807, 2.05) is 29.6 Å². The molecule has 1 aromatic heterocycles. The molecule has 0 bridgehead atoms. The molecule has 0 saturated carbocycles. The van der Waals surface area contributed by atoms with Crippen LogP contribution in [-0.2, 0) is 17.1 Å². The van der Waals surface area contributed by atoms with E-state index in [-0.39, 0.29) is 17.1 Å². The standard InChI is InChI=1S/C9H7NS2.Cu/c11-8-4-2-1-3-7(8)9-10-5-6-12-9;/h1-6,11H;. The number of hydrogen-bond acceptors (Lipinski definition) is 3. The van der Waals surface area contributed by atoms with Crippen molar-refractivity contribution in [3.8, 4) is 10.6 Å². The molecule has 2 aromatic rings. The van der Waals surface area contributed by atoms with Gasteiger partial charge in [0, 0.05) is 39.1 Å². The van der Waals surface area contributed by atoms with Crippen molar-refractivity contribution >= 4 is 24.0 Å². The van der Waals surface area contributed by atoms with Gasteiger partial charge in [-0.05, 0) is 6.07 Å². The van der Waals surface area contributed by atoms with Crippen LogP contribution in [0.15, 0.2) is 40.7 Å². The van der Waals surface area contributed by atoms with Crippen molar-refractivity contribution in [3.63, 3.8) is 0 Å². The van der Waals surface area contributed by atoms with E-state index < -0.39 is 0 Å². The number of aromatic nitrogens is 1. The molecule has 71 valence electrons. The maximum Gasteiger partial charge on any atom is 0.124 e. The van der Waals surface area contributed by atoms with Crippen LogP contribution in [-0.4, -0.2) is 4.98 Å². The predicted octanol–water partition coefficient (Wildman–Crippen LogP) is 3.10. The second-order valence-corrected chi connectivity index (χ2v) is 3.73. The molecular weight excluding hydrogens is 250 g/mol. The molecule has 0 aliphatic rings. The molecule has 0 aliphatic carbocycles. The summed E-state index contributed by atoms with van der Waals surface area (Å²) in [5, 5.41) is 3.00. The first-order valence-corrected chi connectivity index (χ1v) is 4.88. The molecule has 1 heterocycles. The van der Waals surface area contributed by atoms with Crippen molar-refractivity contribution < 1.29 is 17.1 Å². The summed E-state index contributed by atoms with van der Waals surface area (Å²) >= 11 is 5.98. The van der Waals surface area contributed by atoms with Crippen LogP contribution < -0.4 is 0 Å². The van der Waals surface area contributed by atoms with Gasteiger partial charge in [-0.15, -0.1) is 24.0 Å². The molecule has 0 N–H and O–H groups in total. The first-order valence-electron chi connectivity index (χ1n) is 3.56. The van der Waals surface area contributed by atoms with Crippen LogP contribution >= 0.6 is 24.0 Å². The second-order valence-electron chi connectivity index (χ2n) is 2.35. The van der Waals surface area contributed by atoms with Crippen LogP contribution in [0.1, 0.15) is 0 Å². The third-order valence-electron chi connectivity index (χ3n) is 1.57. The normalized spacial score (nSPS) is 9.31. The van der Waals surface area contributed by atoms with Gasteiger partial charge in [0.2, 0.25) is 0 Å². The van der Waals surface area contributed by atoms with Gasteiger partial charge in [-0.3, -0.25) is 0 Å². The molecule has 1 nitrogen and oxygen atoms in total. The maximum atomic E-state index is 4.35. The van der Waals surface area contributed by atoms with Gasteiger partial charge < -0.3 is 0 Å². The van der Waals surface area contributed by atoms with Crippen molar-refractivity contribution in [2.45, 2.75) is 4.90 Å². The van der Waals surface area contributed by atoms with Gasteiger partial charge in [-0.25, -0.2) is 4.98 Å².